The van der Waals surface area contributed by atoms with Gasteiger partial charge in [0.05, 0.1) is 5.25 Å². The Balaban J connectivity index is 1.94. The third-order valence-corrected chi connectivity index (χ3v) is 4.29. The van der Waals surface area contributed by atoms with Crippen molar-refractivity contribution in [2.24, 2.45) is 0 Å². The monoisotopic (exact) mass is 297 g/mol. The molecule has 4 nitrogen and oxygen atoms in total. The fraction of sp³-hybridized carbons (Fsp3) is 0.250. The highest BCUT2D eigenvalue weighted by atomic mass is 32.2. The van der Waals surface area contributed by atoms with Gasteiger partial charge in [-0.05, 0) is 38.1 Å². The molecule has 0 aliphatic carbocycles. The number of carbonyl (C=O) groups is 1. The minimum Gasteiger partial charge on any atom is -0.325 e. The Morgan fingerprint density at radius 3 is 2.63 bits per heavy atom. The second-order valence-corrected chi connectivity index (χ2v) is 6.61. The van der Waals surface area contributed by atoms with Crippen molar-refractivity contribution in [1.29, 1.82) is 0 Å². The number of hydrogen-bond acceptors (Lipinski definition) is 5. The van der Waals surface area contributed by atoms with E-state index in [1.807, 2.05) is 6.92 Å². The minimum absolute atomic E-state index is 0.149. The predicted molar refractivity (Wildman–Crippen MR) is 75.0 cm³/mol. The van der Waals surface area contributed by atoms with Crippen molar-refractivity contribution in [3.05, 3.63) is 35.1 Å². The van der Waals surface area contributed by atoms with E-state index in [4.69, 9.17) is 0 Å². The van der Waals surface area contributed by atoms with E-state index in [0.29, 0.717) is 5.69 Å². The molecule has 0 spiro atoms. The van der Waals surface area contributed by atoms with Gasteiger partial charge in [0, 0.05) is 5.69 Å². The van der Waals surface area contributed by atoms with Crippen molar-refractivity contribution in [3.63, 3.8) is 0 Å². The van der Waals surface area contributed by atoms with Crippen LogP contribution >= 0.6 is 23.1 Å². The fourth-order valence-corrected chi connectivity index (χ4v) is 3.27. The summed E-state index contributed by atoms with van der Waals surface area (Å²) >= 11 is 2.81. The molecule has 0 bridgehead atoms. The summed E-state index contributed by atoms with van der Waals surface area (Å²) in [6.07, 6.45) is 0. The zero-order valence-corrected chi connectivity index (χ0v) is 12.0. The van der Waals surface area contributed by atoms with Crippen molar-refractivity contribution in [2.75, 3.05) is 5.32 Å². The van der Waals surface area contributed by atoms with Crippen LogP contribution in [0, 0.1) is 12.7 Å². The first-order valence-electron chi connectivity index (χ1n) is 5.58. The molecule has 0 fully saturated rings. The Morgan fingerprint density at radius 2 is 2.05 bits per heavy atom. The minimum atomic E-state index is -0.329. The number of hydrogen-bond donors (Lipinski definition) is 1. The molecule has 0 radical (unpaired) electrons. The third-order valence-electron chi connectivity index (χ3n) is 2.27. The molecule has 0 aliphatic rings. The number of nitrogens with zero attached hydrogens (tertiary/aromatic N) is 2. The maximum absolute atomic E-state index is 12.7. The summed E-state index contributed by atoms with van der Waals surface area (Å²) in [5.74, 6) is -0.478. The van der Waals surface area contributed by atoms with Crippen LogP contribution in [0.3, 0.4) is 0 Å². The zero-order chi connectivity index (χ0) is 13.8. The van der Waals surface area contributed by atoms with E-state index in [2.05, 4.69) is 15.5 Å². The molecule has 1 heterocycles. The summed E-state index contributed by atoms with van der Waals surface area (Å²) < 4.78 is 13.5. The topological polar surface area (TPSA) is 54.9 Å². The van der Waals surface area contributed by atoms with Crippen LogP contribution < -0.4 is 5.32 Å². The highest BCUT2D eigenvalue weighted by molar-refractivity contribution is 8.02. The normalized spacial score (nSPS) is 12.2. The lowest BCUT2D eigenvalue weighted by Crippen LogP contribution is -2.22. The van der Waals surface area contributed by atoms with E-state index in [9.17, 15) is 9.18 Å². The highest BCUT2D eigenvalue weighted by Gasteiger charge is 2.16. The number of anilines is 1. The van der Waals surface area contributed by atoms with Crippen LogP contribution in [0.5, 0.6) is 0 Å². The standard InChI is InChI=1S/C12H12FN3OS2/c1-7(18-12-16-15-8(2)19-12)11(17)14-10-5-3-9(13)4-6-10/h3-7H,1-2H3,(H,14,17)/t7-/m0/s1. The first-order chi connectivity index (χ1) is 9.04. The van der Waals surface area contributed by atoms with Gasteiger partial charge >= 0.3 is 0 Å². The van der Waals surface area contributed by atoms with Gasteiger partial charge in [-0.2, -0.15) is 0 Å². The van der Waals surface area contributed by atoms with Gasteiger partial charge in [0.1, 0.15) is 10.8 Å². The maximum atomic E-state index is 12.7. The van der Waals surface area contributed by atoms with E-state index < -0.39 is 0 Å². The SMILES string of the molecule is Cc1nnc(S[C@@H](C)C(=O)Nc2ccc(F)cc2)s1. The summed E-state index contributed by atoms with van der Waals surface area (Å²) in [7, 11) is 0. The zero-order valence-electron chi connectivity index (χ0n) is 10.4. The van der Waals surface area contributed by atoms with Crippen molar-refractivity contribution in [2.45, 2.75) is 23.4 Å². The van der Waals surface area contributed by atoms with Gasteiger partial charge in [-0.1, -0.05) is 23.1 Å². The fourth-order valence-electron chi connectivity index (χ4n) is 1.31. The van der Waals surface area contributed by atoms with Crippen LogP contribution in [0.1, 0.15) is 11.9 Å². The van der Waals surface area contributed by atoms with E-state index in [1.165, 1.54) is 47.4 Å². The first kappa shape index (κ1) is 14.0. The van der Waals surface area contributed by atoms with Gasteiger partial charge in [-0.15, -0.1) is 10.2 Å². The Labute approximate surface area is 118 Å². The van der Waals surface area contributed by atoms with Gasteiger partial charge < -0.3 is 5.32 Å². The van der Waals surface area contributed by atoms with Crippen molar-refractivity contribution in [3.8, 4) is 0 Å². The smallest absolute Gasteiger partial charge is 0.237 e. The molecule has 2 rings (SSSR count). The molecule has 2 aromatic rings. The molecule has 7 heteroatoms. The van der Waals surface area contributed by atoms with E-state index in [1.54, 1.807) is 6.92 Å². The highest BCUT2D eigenvalue weighted by Crippen LogP contribution is 2.26. The maximum Gasteiger partial charge on any atom is 0.237 e. The Hall–Kier alpha value is -1.47. The molecular formula is C12H12FN3OS2. The Kier molecular flexibility index (Phi) is 4.49. The number of benzene rings is 1. The summed E-state index contributed by atoms with van der Waals surface area (Å²) in [5, 5.41) is 11.2. The number of thioether (sulfide) groups is 1. The van der Waals surface area contributed by atoms with Crippen LogP contribution in [0.25, 0.3) is 0 Å². The average Bonchev–Trinajstić information content (AvgIpc) is 2.77. The van der Waals surface area contributed by atoms with Crippen LogP contribution in [-0.2, 0) is 4.79 Å². The van der Waals surface area contributed by atoms with E-state index >= 15 is 0 Å². The van der Waals surface area contributed by atoms with Crippen LogP contribution in [-0.4, -0.2) is 21.4 Å². The van der Waals surface area contributed by atoms with E-state index in [0.717, 1.165) is 9.35 Å². The molecule has 0 unspecified atom stereocenters. The summed E-state index contributed by atoms with van der Waals surface area (Å²) in [6.45, 7) is 3.66. The van der Waals surface area contributed by atoms with Gasteiger partial charge in [0.2, 0.25) is 5.91 Å². The molecule has 19 heavy (non-hydrogen) atoms. The van der Waals surface area contributed by atoms with Gasteiger partial charge in [0.15, 0.2) is 4.34 Å². The molecule has 1 amide bonds. The molecule has 1 atom stereocenters. The van der Waals surface area contributed by atoms with Crippen molar-refractivity contribution in [1.82, 2.24) is 10.2 Å². The Bertz CT molecular complexity index is 571. The van der Waals surface area contributed by atoms with Crippen LogP contribution in [0.15, 0.2) is 28.6 Å². The molecule has 0 saturated carbocycles. The number of nitrogens with one attached hydrogen (secondary N) is 1. The summed E-state index contributed by atoms with van der Waals surface area (Å²) in [6, 6.07) is 5.67. The molecule has 100 valence electrons. The molecule has 1 aromatic heterocycles. The first-order valence-corrected chi connectivity index (χ1v) is 7.27. The lowest BCUT2D eigenvalue weighted by atomic mass is 10.3. The Morgan fingerprint density at radius 1 is 1.37 bits per heavy atom. The number of rotatable bonds is 4. The molecule has 1 N–H and O–H groups in total. The summed E-state index contributed by atoms with van der Waals surface area (Å²) in [4.78, 5) is 11.9. The number of aromatic nitrogens is 2. The number of halogens is 1. The van der Waals surface area contributed by atoms with E-state index in [-0.39, 0.29) is 17.0 Å². The van der Waals surface area contributed by atoms with Crippen LogP contribution in [0.4, 0.5) is 10.1 Å². The molecule has 1 aromatic carbocycles. The second kappa shape index (κ2) is 6.12. The number of carbonyl (C=O) groups excluding carboxylic acids is 1. The average molecular weight is 297 g/mol. The molecule has 0 saturated heterocycles. The lowest BCUT2D eigenvalue weighted by Gasteiger charge is -2.10. The summed E-state index contributed by atoms with van der Waals surface area (Å²) in [5.41, 5.74) is 0.576. The largest absolute Gasteiger partial charge is 0.325 e. The number of amides is 1. The second-order valence-electron chi connectivity index (χ2n) is 3.84. The van der Waals surface area contributed by atoms with Crippen LogP contribution in [0.2, 0.25) is 0 Å². The number of aryl methyl sites for hydroxylation is 1. The van der Waals surface area contributed by atoms with Gasteiger partial charge in [0.25, 0.3) is 0 Å². The van der Waals surface area contributed by atoms with Crippen molar-refractivity contribution >= 4 is 34.7 Å². The van der Waals surface area contributed by atoms with Crippen molar-refractivity contribution < 1.29 is 9.18 Å². The predicted octanol–water partition coefficient (Wildman–Crippen LogP) is 3.10. The quantitative estimate of drug-likeness (QED) is 0.881. The molecular weight excluding hydrogens is 285 g/mol. The molecule has 0 aliphatic heterocycles. The lowest BCUT2D eigenvalue weighted by molar-refractivity contribution is -0.115. The van der Waals surface area contributed by atoms with Gasteiger partial charge in [-0.25, -0.2) is 4.39 Å². The third kappa shape index (κ3) is 4.00. The van der Waals surface area contributed by atoms with Gasteiger partial charge in [-0.3, -0.25) is 4.79 Å².